The van der Waals surface area contributed by atoms with Gasteiger partial charge in [0, 0.05) is 42.5 Å². The monoisotopic (exact) mass is 482 g/mol. The number of nitrogens with zero attached hydrogens (tertiary/aromatic N) is 3. The highest BCUT2D eigenvalue weighted by Crippen LogP contribution is 2.58. The van der Waals surface area contributed by atoms with Crippen LogP contribution in [0.5, 0.6) is 0 Å². The first-order chi connectivity index (χ1) is 17.3. The molecule has 1 amide bonds. The first kappa shape index (κ1) is 23.1. The Morgan fingerprint density at radius 2 is 1.94 bits per heavy atom. The van der Waals surface area contributed by atoms with Gasteiger partial charge in [0.25, 0.3) is 5.91 Å². The van der Waals surface area contributed by atoms with Crippen LogP contribution in [0.1, 0.15) is 50.4 Å². The van der Waals surface area contributed by atoms with Gasteiger partial charge in [0.1, 0.15) is 5.82 Å². The van der Waals surface area contributed by atoms with E-state index in [2.05, 4.69) is 75.2 Å². The number of imidazole rings is 1. The van der Waals surface area contributed by atoms with Crippen molar-refractivity contribution in [3.8, 4) is 23.2 Å². The number of carbonyl (C=O) groups is 1. The molecule has 3 atom stereocenters. The average Bonchev–Trinajstić information content (AvgIpc) is 3.62. The number of fused-ring (bicyclic) bond motifs is 3. The predicted molar refractivity (Wildman–Crippen MR) is 143 cm³/mol. The maximum Gasteiger partial charge on any atom is 0.253 e. The quantitative estimate of drug-likeness (QED) is 0.437. The summed E-state index contributed by atoms with van der Waals surface area (Å²) in [6, 6.07) is 10.0. The van der Waals surface area contributed by atoms with Gasteiger partial charge in [-0.3, -0.25) is 4.79 Å². The Labute approximate surface area is 212 Å². The maximum absolute atomic E-state index is 13.4. The van der Waals surface area contributed by atoms with Crippen LogP contribution in [0.4, 0.5) is 5.69 Å². The van der Waals surface area contributed by atoms with Gasteiger partial charge in [0.05, 0.1) is 16.5 Å². The molecule has 186 valence electrons. The highest BCUT2D eigenvalue weighted by atomic mass is 16.1. The van der Waals surface area contributed by atoms with E-state index in [4.69, 9.17) is 0 Å². The molecule has 7 nitrogen and oxygen atoms in total. The van der Waals surface area contributed by atoms with E-state index in [1.807, 2.05) is 12.1 Å². The molecule has 7 heteroatoms. The van der Waals surface area contributed by atoms with Gasteiger partial charge < -0.3 is 20.5 Å². The largest absolute Gasteiger partial charge is 0.384 e. The number of rotatable bonds is 7. The third kappa shape index (κ3) is 3.75. The van der Waals surface area contributed by atoms with Gasteiger partial charge >= 0.3 is 0 Å². The lowest BCUT2D eigenvalue weighted by molar-refractivity contribution is 0.0893. The van der Waals surface area contributed by atoms with Gasteiger partial charge in [-0.15, -0.1) is 0 Å². The topological polar surface area (TPSA) is 85.9 Å². The second-order valence-electron chi connectivity index (χ2n) is 11.2. The lowest BCUT2D eigenvalue weighted by Crippen LogP contribution is -2.46. The summed E-state index contributed by atoms with van der Waals surface area (Å²) in [5, 5.41) is 6.79. The third-order valence-electron chi connectivity index (χ3n) is 8.94. The van der Waals surface area contributed by atoms with Crippen molar-refractivity contribution < 1.29 is 4.79 Å². The normalized spacial score (nSPS) is 26.2. The molecule has 1 aromatic carbocycles. The van der Waals surface area contributed by atoms with Crippen molar-refractivity contribution in [1.29, 1.82) is 0 Å². The number of hydrogen-bond acceptors (Lipinski definition) is 5. The van der Waals surface area contributed by atoms with Gasteiger partial charge in [0.2, 0.25) is 0 Å². The number of amides is 1. The van der Waals surface area contributed by atoms with Crippen molar-refractivity contribution in [3.05, 3.63) is 42.1 Å². The minimum Gasteiger partial charge on any atom is -0.384 e. The van der Waals surface area contributed by atoms with E-state index >= 15 is 0 Å². The standard InChI is InChI=1S/C29H34N6O/c1-28(2)20-10-12-29(28,3)23(18-20)32-27(36)22-11-13-31-26-24(22)33-25(34-26)19-6-8-21(9-7-19)30-14-17-35-15-4-5-16-35/h6-9,11,13,20,23,30H,4-5,14-18H2,1-3H3,(H,32,36)(H,31,33,34). The van der Waals surface area contributed by atoms with Crippen LogP contribution in [0.3, 0.4) is 0 Å². The summed E-state index contributed by atoms with van der Waals surface area (Å²) in [6.45, 7) is 11.1. The SMILES string of the molecule is CC1(C)C2C#CC1(C)C(NC(=O)c1ccnc3nc(-c4ccc(NCCN5CCCC5)cc4)[nH]c13)C2. The Bertz CT molecular complexity index is 1360. The fraction of sp³-hybridized carbons (Fsp3) is 0.483. The number of aromatic amines is 1. The summed E-state index contributed by atoms with van der Waals surface area (Å²) >= 11 is 0. The Kier molecular flexibility index (Phi) is 5.53. The van der Waals surface area contributed by atoms with E-state index in [9.17, 15) is 4.79 Å². The minimum absolute atomic E-state index is 0.0300. The molecule has 3 unspecified atom stereocenters. The predicted octanol–water partition coefficient (Wildman–Crippen LogP) is 4.30. The molecule has 3 heterocycles. The lowest BCUT2D eigenvalue weighted by Gasteiger charge is -2.36. The van der Waals surface area contributed by atoms with Crippen molar-refractivity contribution in [3.63, 3.8) is 0 Å². The summed E-state index contributed by atoms with van der Waals surface area (Å²) < 4.78 is 0. The second-order valence-corrected chi connectivity index (χ2v) is 11.2. The Hall–Kier alpha value is -3.37. The number of benzene rings is 1. The van der Waals surface area contributed by atoms with Crippen LogP contribution in [0, 0.1) is 28.6 Å². The van der Waals surface area contributed by atoms with Gasteiger partial charge in [-0.2, -0.15) is 0 Å². The molecule has 2 fully saturated rings. The second kappa shape index (κ2) is 8.63. The van der Waals surface area contributed by atoms with Crippen LogP contribution in [0.25, 0.3) is 22.6 Å². The number of anilines is 1. The molecule has 3 aliphatic rings. The molecular weight excluding hydrogens is 448 g/mol. The third-order valence-corrected chi connectivity index (χ3v) is 8.94. The number of H-pyrrole nitrogens is 1. The molecule has 3 aromatic rings. The van der Waals surface area contributed by atoms with Crippen LogP contribution < -0.4 is 10.6 Å². The molecule has 36 heavy (non-hydrogen) atoms. The van der Waals surface area contributed by atoms with E-state index in [0.29, 0.717) is 28.5 Å². The Morgan fingerprint density at radius 3 is 2.64 bits per heavy atom. The lowest BCUT2D eigenvalue weighted by atomic mass is 9.69. The van der Waals surface area contributed by atoms with Crippen molar-refractivity contribution in [2.24, 2.45) is 16.7 Å². The molecule has 0 spiro atoms. The maximum atomic E-state index is 13.4. The van der Waals surface area contributed by atoms with Gasteiger partial charge in [-0.25, -0.2) is 9.97 Å². The van der Waals surface area contributed by atoms with Crippen molar-refractivity contribution in [2.75, 3.05) is 31.5 Å². The van der Waals surface area contributed by atoms with E-state index in [1.54, 1.807) is 12.3 Å². The molecule has 1 saturated heterocycles. The van der Waals surface area contributed by atoms with Crippen molar-refractivity contribution >= 4 is 22.8 Å². The highest BCUT2D eigenvalue weighted by molar-refractivity contribution is 6.04. The Balaban J connectivity index is 1.17. The summed E-state index contributed by atoms with van der Waals surface area (Å²) in [5.74, 6) is 7.72. The van der Waals surface area contributed by atoms with Gasteiger partial charge in [-0.05, 0) is 75.0 Å². The fourth-order valence-electron chi connectivity index (χ4n) is 6.09. The smallest absolute Gasteiger partial charge is 0.253 e. The van der Waals surface area contributed by atoms with Crippen LogP contribution >= 0.6 is 0 Å². The summed E-state index contributed by atoms with van der Waals surface area (Å²) in [4.78, 5) is 28.3. The summed E-state index contributed by atoms with van der Waals surface area (Å²) in [7, 11) is 0. The van der Waals surface area contributed by atoms with E-state index in [0.717, 1.165) is 30.8 Å². The number of hydrogen-bond donors (Lipinski definition) is 3. The first-order valence-electron chi connectivity index (χ1n) is 13.1. The molecular formula is C29H34N6O. The molecule has 3 N–H and O–H groups in total. The van der Waals surface area contributed by atoms with Crippen molar-refractivity contribution in [1.82, 2.24) is 25.2 Å². The minimum atomic E-state index is -0.219. The van der Waals surface area contributed by atoms with Gasteiger partial charge in [0.15, 0.2) is 5.65 Å². The summed E-state index contributed by atoms with van der Waals surface area (Å²) in [6.07, 6.45) is 5.18. The number of likely N-dealkylation sites (tertiary alicyclic amines) is 1. The van der Waals surface area contributed by atoms with Crippen LogP contribution in [0.2, 0.25) is 0 Å². The molecule has 0 radical (unpaired) electrons. The molecule has 1 aliphatic heterocycles. The zero-order valence-corrected chi connectivity index (χ0v) is 21.3. The number of nitrogens with one attached hydrogen (secondary N) is 3. The molecule has 2 aliphatic carbocycles. The van der Waals surface area contributed by atoms with Crippen LogP contribution in [-0.2, 0) is 0 Å². The zero-order chi connectivity index (χ0) is 24.9. The van der Waals surface area contributed by atoms with E-state index in [1.165, 1.54) is 25.9 Å². The fourth-order valence-corrected chi connectivity index (χ4v) is 6.09. The van der Waals surface area contributed by atoms with Crippen LogP contribution in [-0.4, -0.2) is 58.0 Å². The van der Waals surface area contributed by atoms with E-state index < -0.39 is 0 Å². The first-order valence-corrected chi connectivity index (χ1v) is 13.1. The number of aromatic nitrogens is 3. The summed E-state index contributed by atoms with van der Waals surface area (Å²) in [5.41, 5.74) is 3.65. The number of carbonyl (C=O) groups excluding carboxylic acids is 1. The van der Waals surface area contributed by atoms with Gasteiger partial charge in [-0.1, -0.05) is 25.7 Å². The number of pyridine rings is 1. The Morgan fingerprint density at radius 1 is 1.17 bits per heavy atom. The molecule has 2 bridgehead atoms. The molecule has 1 saturated carbocycles. The van der Waals surface area contributed by atoms with Crippen molar-refractivity contribution in [2.45, 2.75) is 46.1 Å². The molecule has 2 aromatic heterocycles. The van der Waals surface area contributed by atoms with Crippen LogP contribution in [0.15, 0.2) is 36.5 Å². The average molecular weight is 483 g/mol. The highest BCUT2D eigenvalue weighted by Gasteiger charge is 2.59. The van der Waals surface area contributed by atoms with E-state index in [-0.39, 0.29) is 22.8 Å². The molecule has 6 rings (SSSR count). The zero-order valence-electron chi connectivity index (χ0n) is 21.3.